The molecule has 1 atom stereocenters. The largest absolute Gasteiger partial charge is 0.492 e. The Morgan fingerprint density at radius 2 is 2.05 bits per heavy atom. The summed E-state index contributed by atoms with van der Waals surface area (Å²) in [4.78, 5) is 0. The van der Waals surface area contributed by atoms with E-state index in [0.29, 0.717) is 24.0 Å². The van der Waals surface area contributed by atoms with Crippen molar-refractivity contribution in [2.24, 2.45) is 5.92 Å². The molecule has 0 aliphatic heterocycles. The molecule has 0 saturated heterocycles. The van der Waals surface area contributed by atoms with Crippen molar-refractivity contribution in [1.29, 1.82) is 0 Å². The third kappa shape index (κ3) is 6.28. The molecule has 0 radical (unpaired) electrons. The fourth-order valence-electron chi connectivity index (χ4n) is 1.68. The van der Waals surface area contributed by atoms with Gasteiger partial charge >= 0.3 is 0 Å². The molecule has 0 spiro atoms. The minimum atomic E-state index is -0.356. The van der Waals surface area contributed by atoms with Gasteiger partial charge in [-0.2, -0.15) is 0 Å². The van der Waals surface area contributed by atoms with E-state index in [1.165, 1.54) is 0 Å². The van der Waals surface area contributed by atoms with E-state index < -0.39 is 0 Å². The van der Waals surface area contributed by atoms with Crippen LogP contribution < -0.4 is 10.1 Å². The Labute approximate surface area is 120 Å². The molecular weight excluding hydrogens is 262 g/mol. The van der Waals surface area contributed by atoms with Gasteiger partial charge in [-0.25, -0.2) is 0 Å². The summed E-state index contributed by atoms with van der Waals surface area (Å²) in [6.07, 6.45) is 0.245. The first kappa shape index (κ1) is 16.3. The number of ether oxygens (including phenoxy) is 1. The normalized spacial score (nSPS) is 12.7. The van der Waals surface area contributed by atoms with Gasteiger partial charge in [0.2, 0.25) is 0 Å². The Balaban J connectivity index is 2.61. The van der Waals surface area contributed by atoms with Crippen molar-refractivity contribution < 1.29 is 9.84 Å². The summed E-state index contributed by atoms with van der Waals surface area (Å²) in [5.74, 6) is 1.33. The minimum absolute atomic E-state index is 0.356. The van der Waals surface area contributed by atoms with Gasteiger partial charge in [-0.3, -0.25) is 0 Å². The van der Waals surface area contributed by atoms with Gasteiger partial charge in [0.25, 0.3) is 0 Å². The Morgan fingerprint density at radius 3 is 2.68 bits per heavy atom. The first-order valence-electron chi connectivity index (χ1n) is 6.79. The van der Waals surface area contributed by atoms with Crippen molar-refractivity contribution in [3.05, 3.63) is 28.8 Å². The predicted octanol–water partition coefficient (Wildman–Crippen LogP) is 3.24. The van der Waals surface area contributed by atoms with Crippen molar-refractivity contribution in [2.75, 3.05) is 13.2 Å². The van der Waals surface area contributed by atoms with Crippen molar-refractivity contribution in [3.8, 4) is 5.75 Å². The van der Waals surface area contributed by atoms with Gasteiger partial charge in [-0.15, -0.1) is 0 Å². The third-order valence-electron chi connectivity index (χ3n) is 2.70. The smallest absolute Gasteiger partial charge is 0.142 e. The Bertz CT molecular complexity index is 380. The molecule has 19 heavy (non-hydrogen) atoms. The summed E-state index contributed by atoms with van der Waals surface area (Å²) in [6, 6.07) is 5.76. The van der Waals surface area contributed by atoms with Gasteiger partial charge in [-0.05, 0) is 25.5 Å². The predicted molar refractivity (Wildman–Crippen MR) is 79.8 cm³/mol. The minimum Gasteiger partial charge on any atom is -0.492 e. The van der Waals surface area contributed by atoms with Gasteiger partial charge in [-0.1, -0.05) is 37.6 Å². The van der Waals surface area contributed by atoms with E-state index in [1.54, 1.807) is 6.92 Å². The van der Waals surface area contributed by atoms with E-state index >= 15 is 0 Å². The van der Waals surface area contributed by atoms with Gasteiger partial charge in [0.1, 0.15) is 5.75 Å². The fourth-order valence-corrected chi connectivity index (χ4v) is 1.93. The molecule has 0 aliphatic rings. The standard InChI is InChI=1S/C15H24ClNO2/c1-11(2)9-17-10-13-5-4-6-14(16)15(13)19-8-7-12(3)18/h4-6,11-12,17-18H,7-10H2,1-3H3. The lowest BCUT2D eigenvalue weighted by Crippen LogP contribution is -2.19. The molecule has 1 unspecified atom stereocenters. The molecule has 0 fully saturated rings. The van der Waals surface area contributed by atoms with Crippen molar-refractivity contribution in [3.63, 3.8) is 0 Å². The monoisotopic (exact) mass is 285 g/mol. The topological polar surface area (TPSA) is 41.5 Å². The van der Waals surface area contributed by atoms with E-state index in [1.807, 2.05) is 18.2 Å². The third-order valence-corrected chi connectivity index (χ3v) is 3.00. The molecule has 0 aliphatic carbocycles. The fraction of sp³-hybridized carbons (Fsp3) is 0.600. The van der Waals surface area contributed by atoms with Crippen LogP contribution in [-0.4, -0.2) is 24.4 Å². The van der Waals surface area contributed by atoms with Crippen LogP contribution in [0.5, 0.6) is 5.75 Å². The molecule has 0 bridgehead atoms. The SMILES string of the molecule is CC(C)CNCc1cccc(Cl)c1OCCC(C)O. The van der Waals surface area contributed by atoms with E-state index in [9.17, 15) is 5.11 Å². The highest BCUT2D eigenvalue weighted by Gasteiger charge is 2.09. The highest BCUT2D eigenvalue weighted by Crippen LogP contribution is 2.28. The zero-order chi connectivity index (χ0) is 14.3. The number of halogens is 1. The highest BCUT2D eigenvalue weighted by molar-refractivity contribution is 6.32. The summed E-state index contributed by atoms with van der Waals surface area (Å²) in [6.45, 7) is 8.26. The van der Waals surface area contributed by atoms with Crippen LogP contribution in [0.4, 0.5) is 0 Å². The summed E-state index contributed by atoms with van der Waals surface area (Å²) in [5, 5.41) is 13.2. The first-order valence-corrected chi connectivity index (χ1v) is 7.17. The molecule has 2 N–H and O–H groups in total. The molecule has 1 aromatic carbocycles. The molecular formula is C15H24ClNO2. The Hall–Kier alpha value is -0.770. The van der Waals surface area contributed by atoms with Crippen LogP contribution >= 0.6 is 11.6 Å². The lowest BCUT2D eigenvalue weighted by atomic mass is 10.1. The quantitative estimate of drug-likeness (QED) is 0.770. The average Bonchev–Trinajstić information content (AvgIpc) is 2.31. The lowest BCUT2D eigenvalue weighted by molar-refractivity contribution is 0.155. The van der Waals surface area contributed by atoms with Gasteiger partial charge in [0.15, 0.2) is 0 Å². The second kappa shape index (κ2) is 8.41. The van der Waals surface area contributed by atoms with E-state index in [-0.39, 0.29) is 6.10 Å². The Kier molecular flexibility index (Phi) is 7.21. The van der Waals surface area contributed by atoms with Crippen LogP contribution in [0.15, 0.2) is 18.2 Å². The zero-order valence-corrected chi connectivity index (χ0v) is 12.7. The highest BCUT2D eigenvalue weighted by atomic mass is 35.5. The number of benzene rings is 1. The molecule has 0 aromatic heterocycles. The van der Waals surface area contributed by atoms with E-state index in [4.69, 9.17) is 16.3 Å². The molecule has 1 aromatic rings. The number of rotatable bonds is 8. The maximum Gasteiger partial charge on any atom is 0.142 e. The Morgan fingerprint density at radius 1 is 1.32 bits per heavy atom. The van der Waals surface area contributed by atoms with Crippen molar-refractivity contribution in [1.82, 2.24) is 5.32 Å². The van der Waals surface area contributed by atoms with Crippen LogP contribution in [0, 0.1) is 5.92 Å². The van der Waals surface area contributed by atoms with Gasteiger partial charge < -0.3 is 15.2 Å². The molecule has 4 heteroatoms. The summed E-state index contributed by atoms with van der Waals surface area (Å²) in [5.41, 5.74) is 1.05. The number of nitrogens with one attached hydrogen (secondary N) is 1. The molecule has 0 saturated carbocycles. The summed E-state index contributed by atoms with van der Waals surface area (Å²) >= 11 is 6.17. The number of hydrogen-bond acceptors (Lipinski definition) is 3. The summed E-state index contributed by atoms with van der Waals surface area (Å²) < 4.78 is 5.70. The summed E-state index contributed by atoms with van der Waals surface area (Å²) in [7, 11) is 0. The zero-order valence-electron chi connectivity index (χ0n) is 11.9. The van der Waals surface area contributed by atoms with E-state index in [2.05, 4.69) is 19.2 Å². The lowest BCUT2D eigenvalue weighted by Gasteiger charge is -2.15. The van der Waals surface area contributed by atoms with Crippen LogP contribution in [0.3, 0.4) is 0 Å². The van der Waals surface area contributed by atoms with Crippen LogP contribution in [-0.2, 0) is 6.54 Å². The van der Waals surface area contributed by atoms with Crippen molar-refractivity contribution in [2.45, 2.75) is 39.8 Å². The van der Waals surface area contributed by atoms with Crippen LogP contribution in [0.25, 0.3) is 0 Å². The molecule has 3 nitrogen and oxygen atoms in total. The second-order valence-corrected chi connectivity index (χ2v) is 5.65. The van der Waals surface area contributed by atoms with Crippen molar-refractivity contribution >= 4 is 11.6 Å². The van der Waals surface area contributed by atoms with Gasteiger partial charge in [0.05, 0.1) is 17.7 Å². The maximum absolute atomic E-state index is 9.25. The number of aliphatic hydroxyl groups is 1. The molecule has 1 rings (SSSR count). The average molecular weight is 286 g/mol. The maximum atomic E-state index is 9.25. The molecule has 0 amide bonds. The second-order valence-electron chi connectivity index (χ2n) is 5.24. The van der Waals surface area contributed by atoms with E-state index in [0.717, 1.165) is 24.4 Å². The van der Waals surface area contributed by atoms with Gasteiger partial charge in [0, 0.05) is 18.5 Å². The number of hydrogen-bond donors (Lipinski definition) is 2. The van der Waals surface area contributed by atoms with Crippen LogP contribution in [0.2, 0.25) is 5.02 Å². The number of aliphatic hydroxyl groups excluding tert-OH is 1. The van der Waals surface area contributed by atoms with Crippen LogP contribution in [0.1, 0.15) is 32.8 Å². The molecule has 108 valence electrons. The number of para-hydroxylation sites is 1. The first-order chi connectivity index (χ1) is 9.00. The molecule has 0 heterocycles.